The fraction of sp³-hybridized carbons (Fsp3) is 0.600. The maximum Gasteiger partial charge on any atom is 0.129 e. The van der Waals surface area contributed by atoms with Gasteiger partial charge >= 0.3 is 0 Å². The molecule has 1 nitrogen and oxygen atoms in total. The lowest BCUT2D eigenvalue weighted by atomic mass is 9.84. The Bertz CT molecular complexity index is 385. The van der Waals surface area contributed by atoms with Gasteiger partial charge in [-0.2, -0.15) is 0 Å². The third kappa shape index (κ3) is 4.73. The molecule has 0 aliphatic rings. The van der Waals surface area contributed by atoms with Crippen molar-refractivity contribution in [3.05, 3.63) is 35.4 Å². The molecule has 1 aromatic carbocycles. The predicted molar refractivity (Wildman–Crippen MR) is 71.6 cm³/mol. The van der Waals surface area contributed by atoms with Crippen LogP contribution in [0.3, 0.4) is 0 Å². The van der Waals surface area contributed by atoms with Crippen LogP contribution in [0.5, 0.6) is 0 Å². The van der Waals surface area contributed by atoms with Crippen LogP contribution in [0.1, 0.15) is 40.2 Å². The van der Waals surface area contributed by atoms with Crippen molar-refractivity contribution < 1.29 is 8.78 Å². The van der Waals surface area contributed by atoms with Crippen LogP contribution in [0, 0.1) is 17.0 Å². The Hall–Kier alpha value is -0.960. The molecule has 1 N–H and O–H groups in total. The first-order valence-electron chi connectivity index (χ1n) is 6.29. The van der Waals surface area contributed by atoms with Gasteiger partial charge in [-0.25, -0.2) is 8.78 Å². The number of benzene rings is 1. The van der Waals surface area contributed by atoms with E-state index < -0.39 is 11.6 Å². The van der Waals surface area contributed by atoms with Gasteiger partial charge in [0.2, 0.25) is 0 Å². The zero-order chi connectivity index (χ0) is 14.0. The minimum absolute atomic E-state index is 0.00501. The first-order chi connectivity index (χ1) is 8.11. The summed E-state index contributed by atoms with van der Waals surface area (Å²) < 4.78 is 27.2. The summed E-state index contributed by atoms with van der Waals surface area (Å²) in [6, 6.07) is 4.02. The van der Waals surface area contributed by atoms with Crippen LogP contribution in [-0.2, 0) is 6.42 Å². The van der Waals surface area contributed by atoms with Gasteiger partial charge < -0.3 is 5.32 Å². The molecule has 3 heteroatoms. The molecule has 0 radical (unpaired) electrons. The van der Waals surface area contributed by atoms with E-state index in [2.05, 4.69) is 26.1 Å². The van der Waals surface area contributed by atoms with Gasteiger partial charge in [0.1, 0.15) is 11.6 Å². The third-order valence-corrected chi connectivity index (χ3v) is 2.81. The topological polar surface area (TPSA) is 12.0 Å². The summed E-state index contributed by atoms with van der Waals surface area (Å²) in [5, 5.41) is 3.38. The molecule has 0 aromatic heterocycles. The molecule has 0 saturated carbocycles. The van der Waals surface area contributed by atoms with Gasteiger partial charge in [0.25, 0.3) is 0 Å². The van der Waals surface area contributed by atoms with Crippen molar-refractivity contribution in [3.8, 4) is 0 Å². The first-order valence-corrected chi connectivity index (χ1v) is 6.29. The molecule has 0 spiro atoms. The molecular weight excluding hydrogens is 232 g/mol. The first kappa shape index (κ1) is 15.1. The zero-order valence-corrected chi connectivity index (χ0v) is 11.9. The Labute approximate surface area is 109 Å². The second-order valence-corrected chi connectivity index (χ2v) is 6.64. The molecule has 1 aromatic rings. The largest absolute Gasteiger partial charge is 0.312 e. The molecular formula is C15H23F2N. The molecule has 0 atom stereocenters. The lowest BCUT2D eigenvalue weighted by molar-refractivity contribution is 0.283. The fourth-order valence-corrected chi connectivity index (χ4v) is 1.75. The van der Waals surface area contributed by atoms with Crippen LogP contribution in [0.2, 0.25) is 0 Å². The van der Waals surface area contributed by atoms with Gasteiger partial charge in [0.15, 0.2) is 0 Å². The molecule has 0 fully saturated rings. The summed E-state index contributed by atoms with van der Waals surface area (Å²) in [6.07, 6.45) is 0.384. The van der Waals surface area contributed by atoms with E-state index >= 15 is 0 Å². The number of hydrogen-bond donors (Lipinski definition) is 1. The Kier molecular flexibility index (Phi) is 4.49. The molecule has 0 heterocycles. The van der Waals surface area contributed by atoms with Gasteiger partial charge in [-0.1, -0.05) is 19.9 Å². The zero-order valence-electron chi connectivity index (χ0n) is 11.9. The molecule has 0 aliphatic carbocycles. The van der Waals surface area contributed by atoms with Crippen LogP contribution < -0.4 is 5.32 Å². The highest BCUT2D eigenvalue weighted by Crippen LogP contribution is 2.25. The molecule has 0 unspecified atom stereocenters. The Balaban J connectivity index is 2.76. The van der Waals surface area contributed by atoms with Crippen LogP contribution in [0.25, 0.3) is 0 Å². The van der Waals surface area contributed by atoms with Crippen molar-refractivity contribution in [1.82, 2.24) is 5.32 Å². The van der Waals surface area contributed by atoms with E-state index in [-0.39, 0.29) is 16.5 Å². The summed E-state index contributed by atoms with van der Waals surface area (Å²) in [5.74, 6) is -0.919. The van der Waals surface area contributed by atoms with Gasteiger partial charge in [-0.15, -0.1) is 0 Å². The summed E-state index contributed by atoms with van der Waals surface area (Å²) in [4.78, 5) is 0. The number of hydrogen-bond acceptors (Lipinski definition) is 1. The quantitative estimate of drug-likeness (QED) is 0.859. The monoisotopic (exact) mass is 255 g/mol. The van der Waals surface area contributed by atoms with E-state index in [4.69, 9.17) is 0 Å². The summed E-state index contributed by atoms with van der Waals surface area (Å²) in [7, 11) is 0. The highest BCUT2D eigenvalue weighted by Gasteiger charge is 2.24. The molecule has 0 bridgehead atoms. The number of halogens is 2. The molecule has 0 aliphatic heterocycles. The maximum absolute atomic E-state index is 13.6. The maximum atomic E-state index is 13.6. The summed E-state index contributed by atoms with van der Waals surface area (Å²) in [6.45, 7) is 11.0. The second kappa shape index (κ2) is 5.35. The Morgan fingerprint density at radius 2 is 1.50 bits per heavy atom. The minimum atomic E-state index is -0.459. The van der Waals surface area contributed by atoms with Crippen LogP contribution in [0.4, 0.5) is 8.78 Å². The smallest absolute Gasteiger partial charge is 0.129 e. The number of rotatable bonds is 4. The summed E-state index contributed by atoms with van der Waals surface area (Å²) >= 11 is 0. The highest BCUT2D eigenvalue weighted by molar-refractivity contribution is 5.21. The molecule has 18 heavy (non-hydrogen) atoms. The SMILES string of the molecule is CC(C)(CNC(C)(C)C)Cc1c(F)cccc1F. The van der Waals surface area contributed by atoms with Crippen molar-refractivity contribution in [2.75, 3.05) is 6.54 Å². The highest BCUT2D eigenvalue weighted by atomic mass is 19.1. The van der Waals surface area contributed by atoms with Crippen LogP contribution in [-0.4, -0.2) is 12.1 Å². The van der Waals surface area contributed by atoms with Crippen LogP contribution in [0.15, 0.2) is 18.2 Å². The van der Waals surface area contributed by atoms with Crippen molar-refractivity contribution in [1.29, 1.82) is 0 Å². The normalized spacial score (nSPS) is 12.8. The van der Waals surface area contributed by atoms with E-state index in [9.17, 15) is 8.78 Å². The van der Waals surface area contributed by atoms with Crippen molar-refractivity contribution >= 4 is 0 Å². The fourth-order valence-electron chi connectivity index (χ4n) is 1.75. The van der Waals surface area contributed by atoms with Crippen molar-refractivity contribution in [2.24, 2.45) is 5.41 Å². The van der Waals surface area contributed by atoms with Gasteiger partial charge in [0.05, 0.1) is 0 Å². The second-order valence-electron chi connectivity index (χ2n) is 6.64. The minimum Gasteiger partial charge on any atom is -0.312 e. The standard InChI is InChI=1S/C15H23F2N/c1-14(2,3)18-10-15(4,5)9-11-12(16)7-6-8-13(11)17/h6-8,18H,9-10H2,1-5H3. The Morgan fingerprint density at radius 1 is 1.00 bits per heavy atom. The van der Waals surface area contributed by atoms with E-state index in [1.54, 1.807) is 0 Å². The average molecular weight is 255 g/mol. The van der Waals surface area contributed by atoms with Gasteiger partial charge in [0, 0.05) is 17.6 Å². The van der Waals surface area contributed by atoms with E-state index in [0.717, 1.165) is 0 Å². The molecule has 1 rings (SSSR count). The number of nitrogens with one attached hydrogen (secondary N) is 1. The molecule has 0 saturated heterocycles. The van der Waals surface area contributed by atoms with Crippen molar-refractivity contribution in [3.63, 3.8) is 0 Å². The lowest BCUT2D eigenvalue weighted by Gasteiger charge is -2.30. The van der Waals surface area contributed by atoms with E-state index in [1.165, 1.54) is 18.2 Å². The van der Waals surface area contributed by atoms with Crippen molar-refractivity contribution in [2.45, 2.75) is 46.6 Å². The van der Waals surface area contributed by atoms with E-state index in [0.29, 0.717) is 13.0 Å². The average Bonchev–Trinajstić information content (AvgIpc) is 2.20. The Morgan fingerprint density at radius 3 is 1.94 bits per heavy atom. The molecule has 102 valence electrons. The van der Waals surface area contributed by atoms with E-state index in [1.807, 2.05) is 13.8 Å². The lowest BCUT2D eigenvalue weighted by Crippen LogP contribution is -2.42. The van der Waals surface area contributed by atoms with Crippen LogP contribution >= 0.6 is 0 Å². The molecule has 0 amide bonds. The summed E-state index contributed by atoms with van der Waals surface area (Å²) in [5.41, 5.74) is -0.0142. The predicted octanol–water partition coefficient (Wildman–Crippen LogP) is 3.92. The third-order valence-electron chi connectivity index (χ3n) is 2.81. The van der Waals surface area contributed by atoms with Gasteiger partial charge in [-0.3, -0.25) is 0 Å². The van der Waals surface area contributed by atoms with Gasteiger partial charge in [-0.05, 0) is 44.7 Å².